The maximum atomic E-state index is 5.77. The summed E-state index contributed by atoms with van der Waals surface area (Å²) in [5, 5.41) is 0. The molecule has 1 heterocycles. The molecule has 0 bridgehead atoms. The molecule has 0 saturated carbocycles. The molecular weight excluding hydrogens is 186 g/mol. The van der Waals surface area contributed by atoms with E-state index < -0.39 is 0 Å². The van der Waals surface area contributed by atoms with Crippen molar-refractivity contribution in [3.05, 3.63) is 35.9 Å². The van der Waals surface area contributed by atoms with Gasteiger partial charge in [-0.3, -0.25) is 0 Å². The smallest absolute Gasteiger partial charge is 0.0951 e. The molecule has 1 fully saturated rings. The summed E-state index contributed by atoms with van der Waals surface area (Å²) in [6, 6.07) is 11.2. The highest BCUT2D eigenvalue weighted by atomic mass is 16.5. The second-order valence-corrected chi connectivity index (χ2v) is 4.29. The van der Waals surface area contributed by atoms with Gasteiger partial charge in [0.2, 0.25) is 0 Å². The van der Waals surface area contributed by atoms with Crippen molar-refractivity contribution in [2.75, 3.05) is 27.2 Å². The number of hydrogen-bond donors (Lipinski definition) is 0. The lowest BCUT2D eigenvalue weighted by molar-refractivity contribution is -0.0585. The highest BCUT2D eigenvalue weighted by molar-refractivity contribution is 5.23. The lowest BCUT2D eigenvalue weighted by Gasteiger charge is -2.40. The van der Waals surface area contributed by atoms with E-state index in [1.807, 2.05) is 19.2 Å². The fourth-order valence-electron chi connectivity index (χ4n) is 2.28. The Balaban J connectivity index is 2.23. The Kier molecular flexibility index (Phi) is 3.08. The minimum absolute atomic E-state index is 0.0678. The Morgan fingerprint density at radius 1 is 1.27 bits per heavy atom. The molecule has 1 radical (unpaired) electrons. The normalized spacial score (nSPS) is 21.5. The zero-order valence-electron chi connectivity index (χ0n) is 9.49. The van der Waals surface area contributed by atoms with Crippen LogP contribution in [0, 0.1) is 6.07 Å². The van der Waals surface area contributed by atoms with Gasteiger partial charge in [-0.05, 0) is 31.5 Å². The first-order chi connectivity index (χ1) is 7.27. The van der Waals surface area contributed by atoms with Crippen LogP contribution >= 0.6 is 0 Å². The lowest BCUT2D eigenvalue weighted by Crippen LogP contribution is -2.42. The van der Waals surface area contributed by atoms with Crippen LogP contribution in [-0.2, 0) is 10.3 Å². The average molecular weight is 204 g/mol. The van der Waals surface area contributed by atoms with Crippen molar-refractivity contribution in [3.63, 3.8) is 0 Å². The number of nitrogens with zero attached hydrogens (tertiary/aromatic N) is 1. The minimum atomic E-state index is -0.0678. The molecule has 1 aliphatic rings. The molecule has 2 rings (SSSR count). The van der Waals surface area contributed by atoms with E-state index in [0.29, 0.717) is 0 Å². The van der Waals surface area contributed by atoms with Crippen LogP contribution in [0.15, 0.2) is 24.3 Å². The number of hydrogen-bond acceptors (Lipinski definition) is 2. The number of methoxy groups -OCH3 is 1. The van der Waals surface area contributed by atoms with Gasteiger partial charge in [0.1, 0.15) is 0 Å². The second-order valence-electron chi connectivity index (χ2n) is 4.29. The summed E-state index contributed by atoms with van der Waals surface area (Å²) >= 11 is 0. The standard InChI is InChI=1S/C13H18NO/c1-14-10-8-13(15-2,9-11-14)12-6-4-3-5-7-12/h4-7H,8-11H2,1-2H3. The number of benzene rings is 1. The van der Waals surface area contributed by atoms with Gasteiger partial charge in [0.15, 0.2) is 0 Å². The highest BCUT2D eigenvalue weighted by Gasteiger charge is 2.34. The molecule has 1 aromatic carbocycles. The van der Waals surface area contributed by atoms with Gasteiger partial charge in [-0.1, -0.05) is 24.3 Å². The Hall–Kier alpha value is -0.860. The van der Waals surface area contributed by atoms with Gasteiger partial charge in [-0.2, -0.15) is 0 Å². The van der Waals surface area contributed by atoms with Crippen molar-refractivity contribution < 1.29 is 4.74 Å². The van der Waals surface area contributed by atoms with Crippen molar-refractivity contribution in [2.24, 2.45) is 0 Å². The van der Waals surface area contributed by atoms with Gasteiger partial charge in [0.05, 0.1) is 5.60 Å². The predicted molar refractivity (Wildman–Crippen MR) is 60.7 cm³/mol. The van der Waals surface area contributed by atoms with Gasteiger partial charge < -0.3 is 9.64 Å². The van der Waals surface area contributed by atoms with Crippen molar-refractivity contribution in [1.82, 2.24) is 4.90 Å². The monoisotopic (exact) mass is 204 g/mol. The topological polar surface area (TPSA) is 12.5 Å². The summed E-state index contributed by atoms with van der Waals surface area (Å²) < 4.78 is 5.77. The summed E-state index contributed by atoms with van der Waals surface area (Å²) in [7, 11) is 3.99. The van der Waals surface area contributed by atoms with E-state index >= 15 is 0 Å². The zero-order chi connectivity index (χ0) is 10.7. The van der Waals surface area contributed by atoms with E-state index in [4.69, 9.17) is 4.74 Å². The summed E-state index contributed by atoms with van der Waals surface area (Å²) in [5.41, 5.74) is 1.22. The molecule has 2 heteroatoms. The molecule has 2 nitrogen and oxygen atoms in total. The molecule has 1 aromatic rings. The van der Waals surface area contributed by atoms with Crippen LogP contribution in [0.2, 0.25) is 0 Å². The molecule has 0 atom stereocenters. The molecule has 0 spiro atoms. The van der Waals surface area contributed by atoms with Crippen LogP contribution in [-0.4, -0.2) is 32.1 Å². The van der Waals surface area contributed by atoms with Crippen LogP contribution in [0.25, 0.3) is 0 Å². The van der Waals surface area contributed by atoms with Crippen LogP contribution < -0.4 is 0 Å². The predicted octanol–water partition coefficient (Wildman–Crippen LogP) is 2.05. The summed E-state index contributed by atoms with van der Waals surface area (Å²) in [6.07, 6.45) is 2.15. The third-order valence-corrected chi connectivity index (χ3v) is 3.43. The SMILES string of the molecule is COC1(c2cc[c]cc2)CCN(C)CC1. The molecule has 15 heavy (non-hydrogen) atoms. The minimum Gasteiger partial charge on any atom is -0.373 e. The van der Waals surface area contributed by atoms with Crippen LogP contribution in [0.3, 0.4) is 0 Å². The van der Waals surface area contributed by atoms with Gasteiger partial charge in [-0.15, -0.1) is 0 Å². The molecule has 81 valence electrons. The van der Waals surface area contributed by atoms with E-state index in [2.05, 4.69) is 30.1 Å². The summed E-state index contributed by atoms with van der Waals surface area (Å²) in [6.45, 7) is 2.21. The van der Waals surface area contributed by atoms with Gasteiger partial charge in [-0.25, -0.2) is 0 Å². The number of ether oxygens (including phenoxy) is 1. The average Bonchev–Trinajstić information content (AvgIpc) is 2.32. The van der Waals surface area contributed by atoms with Gasteiger partial charge in [0, 0.05) is 20.2 Å². The summed E-state index contributed by atoms with van der Waals surface area (Å²) in [4.78, 5) is 2.35. The number of rotatable bonds is 2. The van der Waals surface area contributed by atoms with Gasteiger partial charge >= 0.3 is 0 Å². The molecule has 1 saturated heterocycles. The third kappa shape index (κ3) is 2.06. The van der Waals surface area contributed by atoms with E-state index in [1.54, 1.807) is 0 Å². The fourth-order valence-corrected chi connectivity index (χ4v) is 2.28. The lowest BCUT2D eigenvalue weighted by atomic mass is 9.84. The van der Waals surface area contributed by atoms with E-state index in [1.165, 1.54) is 5.56 Å². The Labute approximate surface area is 91.9 Å². The zero-order valence-corrected chi connectivity index (χ0v) is 9.49. The third-order valence-electron chi connectivity index (χ3n) is 3.43. The first kappa shape index (κ1) is 10.7. The largest absolute Gasteiger partial charge is 0.373 e. The number of likely N-dealkylation sites (tertiary alicyclic amines) is 1. The molecule has 0 unspecified atom stereocenters. The quantitative estimate of drug-likeness (QED) is 0.731. The van der Waals surface area contributed by atoms with Crippen LogP contribution in [0.5, 0.6) is 0 Å². The molecule has 0 amide bonds. The Bertz CT molecular complexity index is 302. The molecule has 0 aromatic heterocycles. The number of piperidine rings is 1. The Morgan fingerprint density at radius 3 is 2.40 bits per heavy atom. The second kappa shape index (κ2) is 4.33. The van der Waals surface area contributed by atoms with Crippen LogP contribution in [0.4, 0.5) is 0 Å². The van der Waals surface area contributed by atoms with Crippen molar-refractivity contribution in [3.8, 4) is 0 Å². The maximum absolute atomic E-state index is 5.77. The maximum Gasteiger partial charge on any atom is 0.0951 e. The van der Waals surface area contributed by atoms with Crippen molar-refractivity contribution in [2.45, 2.75) is 18.4 Å². The Morgan fingerprint density at radius 2 is 1.87 bits per heavy atom. The highest BCUT2D eigenvalue weighted by Crippen LogP contribution is 2.35. The first-order valence-electron chi connectivity index (χ1n) is 5.47. The molecule has 0 N–H and O–H groups in total. The molecular formula is C13H18NO. The van der Waals surface area contributed by atoms with E-state index in [-0.39, 0.29) is 5.60 Å². The fraction of sp³-hybridized carbons (Fsp3) is 0.538. The van der Waals surface area contributed by atoms with Gasteiger partial charge in [0.25, 0.3) is 0 Å². The summed E-state index contributed by atoms with van der Waals surface area (Å²) in [5.74, 6) is 0. The van der Waals surface area contributed by atoms with Crippen molar-refractivity contribution >= 4 is 0 Å². The van der Waals surface area contributed by atoms with Crippen LogP contribution in [0.1, 0.15) is 18.4 Å². The first-order valence-corrected chi connectivity index (χ1v) is 5.47. The van der Waals surface area contributed by atoms with Crippen molar-refractivity contribution in [1.29, 1.82) is 0 Å². The molecule has 1 aliphatic heterocycles. The molecule has 0 aliphatic carbocycles. The van der Waals surface area contributed by atoms with E-state index in [0.717, 1.165) is 25.9 Å². The van der Waals surface area contributed by atoms with E-state index in [9.17, 15) is 0 Å².